The first-order chi connectivity index (χ1) is 12.6. The highest BCUT2D eigenvalue weighted by Crippen LogP contribution is 2.26. The molecule has 2 N–H and O–H groups in total. The maximum Gasteiger partial charge on any atom is 0.305 e. The lowest BCUT2D eigenvalue weighted by atomic mass is 10.2. The molecule has 0 amide bonds. The van der Waals surface area contributed by atoms with Gasteiger partial charge in [0.25, 0.3) is 0 Å². The second-order valence-electron chi connectivity index (χ2n) is 5.85. The zero-order chi connectivity index (χ0) is 19.2. The Morgan fingerprint density at radius 2 is 1.85 bits per heavy atom. The monoisotopic (exact) mass is 365 g/mol. The molecule has 0 heterocycles. The van der Waals surface area contributed by atoms with Crippen LogP contribution in [0.5, 0.6) is 11.5 Å². The van der Waals surface area contributed by atoms with Crippen molar-refractivity contribution in [2.75, 3.05) is 34.4 Å². The third-order valence-corrected chi connectivity index (χ3v) is 3.76. The van der Waals surface area contributed by atoms with Crippen molar-refractivity contribution < 1.29 is 19.0 Å². The van der Waals surface area contributed by atoms with Crippen LogP contribution in [0.15, 0.2) is 29.3 Å². The van der Waals surface area contributed by atoms with E-state index in [0.29, 0.717) is 18.7 Å². The average molecular weight is 365 g/mol. The summed E-state index contributed by atoms with van der Waals surface area (Å²) in [5.41, 5.74) is 0. The summed E-state index contributed by atoms with van der Waals surface area (Å²) in [5, 5.41) is 6.50. The number of carbonyl (C=O) groups is 1. The second-order valence-corrected chi connectivity index (χ2v) is 5.85. The molecule has 0 saturated carbocycles. The predicted octanol–water partition coefficient (Wildman–Crippen LogP) is 2.36. The van der Waals surface area contributed by atoms with Crippen LogP contribution in [0.25, 0.3) is 0 Å². The maximum atomic E-state index is 11.0. The lowest BCUT2D eigenvalue weighted by molar-refractivity contribution is -0.140. The summed E-state index contributed by atoms with van der Waals surface area (Å²) >= 11 is 0. The van der Waals surface area contributed by atoms with Crippen LogP contribution in [0.1, 0.15) is 32.6 Å². The van der Waals surface area contributed by atoms with Gasteiger partial charge in [-0.05, 0) is 31.9 Å². The Bertz CT molecular complexity index is 563. The number of hydrogen-bond acceptors (Lipinski definition) is 5. The van der Waals surface area contributed by atoms with Crippen LogP contribution in [-0.2, 0) is 9.53 Å². The minimum absolute atomic E-state index is 0.0510. The lowest BCUT2D eigenvalue weighted by Crippen LogP contribution is -2.42. The van der Waals surface area contributed by atoms with Gasteiger partial charge in [-0.25, -0.2) is 0 Å². The predicted molar refractivity (Wildman–Crippen MR) is 103 cm³/mol. The fraction of sp³-hybridized carbons (Fsp3) is 0.579. The number of nitrogens with zero attached hydrogens (tertiary/aromatic N) is 1. The van der Waals surface area contributed by atoms with Gasteiger partial charge in [0.2, 0.25) is 0 Å². The van der Waals surface area contributed by atoms with E-state index in [0.717, 1.165) is 37.5 Å². The van der Waals surface area contributed by atoms with Gasteiger partial charge in [-0.2, -0.15) is 0 Å². The number of unbranched alkanes of at least 4 members (excludes halogenated alkanes) is 2. The average Bonchev–Trinajstić information content (AvgIpc) is 2.66. The molecule has 1 aromatic carbocycles. The number of carbonyl (C=O) groups excluding carboxylic acids is 1. The molecule has 0 radical (unpaired) electrons. The van der Waals surface area contributed by atoms with Crippen molar-refractivity contribution in [1.29, 1.82) is 0 Å². The highest BCUT2D eigenvalue weighted by atomic mass is 16.5. The molecule has 0 bridgehead atoms. The van der Waals surface area contributed by atoms with E-state index >= 15 is 0 Å². The van der Waals surface area contributed by atoms with E-state index in [9.17, 15) is 4.79 Å². The minimum atomic E-state index is -0.153. The highest BCUT2D eigenvalue weighted by molar-refractivity contribution is 5.79. The van der Waals surface area contributed by atoms with Crippen molar-refractivity contribution in [1.82, 2.24) is 10.6 Å². The van der Waals surface area contributed by atoms with Crippen LogP contribution in [0.3, 0.4) is 0 Å². The Labute approximate surface area is 156 Å². The van der Waals surface area contributed by atoms with Gasteiger partial charge in [0.15, 0.2) is 17.5 Å². The molecule has 26 heavy (non-hydrogen) atoms. The number of rotatable bonds is 11. The smallest absolute Gasteiger partial charge is 0.305 e. The van der Waals surface area contributed by atoms with Crippen LogP contribution in [0, 0.1) is 0 Å². The van der Waals surface area contributed by atoms with Gasteiger partial charge in [-0.15, -0.1) is 0 Å². The number of methoxy groups -OCH3 is 2. The summed E-state index contributed by atoms with van der Waals surface area (Å²) in [7, 11) is 4.78. The van der Waals surface area contributed by atoms with Crippen LogP contribution in [0.2, 0.25) is 0 Å². The van der Waals surface area contributed by atoms with Gasteiger partial charge in [-0.3, -0.25) is 9.79 Å². The molecule has 1 aromatic rings. The summed E-state index contributed by atoms with van der Waals surface area (Å²) < 4.78 is 15.8. The van der Waals surface area contributed by atoms with Crippen LogP contribution < -0.4 is 20.1 Å². The number of esters is 1. The molecule has 0 aliphatic heterocycles. The van der Waals surface area contributed by atoms with Gasteiger partial charge in [-0.1, -0.05) is 18.6 Å². The summed E-state index contributed by atoms with van der Waals surface area (Å²) in [4.78, 5) is 15.2. The number of nitrogens with one attached hydrogen (secondary N) is 2. The topological polar surface area (TPSA) is 81.2 Å². The zero-order valence-corrected chi connectivity index (χ0v) is 16.2. The first-order valence-corrected chi connectivity index (χ1v) is 8.91. The molecule has 146 valence electrons. The lowest BCUT2D eigenvalue weighted by Gasteiger charge is -2.19. The molecule has 1 atom stereocenters. The van der Waals surface area contributed by atoms with E-state index in [4.69, 9.17) is 9.47 Å². The third-order valence-electron chi connectivity index (χ3n) is 3.76. The number of hydrogen-bond donors (Lipinski definition) is 2. The molecule has 0 aromatic heterocycles. The third kappa shape index (κ3) is 8.60. The van der Waals surface area contributed by atoms with Gasteiger partial charge < -0.3 is 24.8 Å². The molecule has 0 aliphatic rings. The van der Waals surface area contributed by atoms with Gasteiger partial charge in [0.05, 0.1) is 20.8 Å². The van der Waals surface area contributed by atoms with Crippen LogP contribution in [0.4, 0.5) is 0 Å². The largest absolute Gasteiger partial charge is 0.493 e. The summed E-state index contributed by atoms with van der Waals surface area (Å²) in [6, 6.07) is 7.58. The Hall–Kier alpha value is -2.44. The standard InChI is InChI=1S/C19H31N3O4/c1-15(26-17-11-8-7-10-16(17)24-3)14-22-19(20-2)21-13-9-5-6-12-18(23)25-4/h7-8,10-11,15H,5-6,9,12-14H2,1-4H3,(H2,20,21,22). The van der Waals surface area contributed by atoms with Crippen molar-refractivity contribution >= 4 is 11.9 Å². The molecule has 0 aliphatic carbocycles. The van der Waals surface area contributed by atoms with Crippen molar-refractivity contribution in [3.05, 3.63) is 24.3 Å². The number of aliphatic imine (C=N–C) groups is 1. The van der Waals surface area contributed by atoms with E-state index in [-0.39, 0.29) is 12.1 Å². The minimum Gasteiger partial charge on any atom is -0.493 e. The first-order valence-electron chi connectivity index (χ1n) is 8.91. The van der Waals surface area contributed by atoms with Crippen molar-refractivity contribution in [3.63, 3.8) is 0 Å². The molecule has 0 saturated heterocycles. The molecule has 0 spiro atoms. The number of benzene rings is 1. The van der Waals surface area contributed by atoms with E-state index in [1.807, 2.05) is 31.2 Å². The quantitative estimate of drug-likeness (QED) is 0.271. The molecule has 7 heteroatoms. The molecule has 0 fully saturated rings. The Morgan fingerprint density at radius 3 is 2.50 bits per heavy atom. The van der Waals surface area contributed by atoms with E-state index in [1.54, 1.807) is 14.2 Å². The Balaban J connectivity index is 2.23. The van der Waals surface area contributed by atoms with Crippen molar-refractivity contribution in [2.45, 2.75) is 38.7 Å². The Kier molecular flexibility index (Phi) is 10.7. The van der Waals surface area contributed by atoms with Gasteiger partial charge >= 0.3 is 5.97 Å². The molecular weight excluding hydrogens is 334 g/mol. The number of para-hydroxylation sites is 2. The number of ether oxygens (including phenoxy) is 3. The van der Waals surface area contributed by atoms with Crippen molar-refractivity contribution in [3.8, 4) is 11.5 Å². The summed E-state index contributed by atoms with van der Waals surface area (Å²) in [5.74, 6) is 2.01. The molecule has 1 unspecified atom stereocenters. The highest BCUT2D eigenvalue weighted by Gasteiger charge is 2.09. The second kappa shape index (κ2) is 12.9. The van der Waals surface area contributed by atoms with Gasteiger partial charge in [0.1, 0.15) is 6.10 Å². The SMILES string of the molecule is CN=C(NCCCCCC(=O)OC)NCC(C)Oc1ccccc1OC. The maximum absolute atomic E-state index is 11.0. The van der Waals surface area contributed by atoms with E-state index < -0.39 is 0 Å². The fourth-order valence-corrected chi connectivity index (χ4v) is 2.32. The number of guanidine groups is 1. The van der Waals surface area contributed by atoms with E-state index in [2.05, 4.69) is 20.4 Å². The Morgan fingerprint density at radius 1 is 1.12 bits per heavy atom. The summed E-state index contributed by atoms with van der Waals surface area (Å²) in [6.45, 7) is 3.39. The first kappa shape index (κ1) is 21.6. The van der Waals surface area contributed by atoms with Gasteiger partial charge in [0, 0.05) is 20.0 Å². The van der Waals surface area contributed by atoms with Crippen LogP contribution in [-0.4, -0.2) is 52.4 Å². The van der Waals surface area contributed by atoms with Crippen LogP contribution >= 0.6 is 0 Å². The fourth-order valence-electron chi connectivity index (χ4n) is 2.32. The molecule has 1 rings (SSSR count). The zero-order valence-electron chi connectivity index (χ0n) is 16.2. The molecule has 7 nitrogen and oxygen atoms in total. The summed E-state index contributed by atoms with van der Waals surface area (Å²) in [6.07, 6.45) is 3.19. The molecular formula is C19H31N3O4. The van der Waals surface area contributed by atoms with Crippen molar-refractivity contribution in [2.24, 2.45) is 4.99 Å². The normalized spacial score (nSPS) is 12.2. The van der Waals surface area contributed by atoms with E-state index in [1.165, 1.54) is 7.11 Å².